The SMILES string of the molecule is Cc1c(Oc2ncc(C(F)(F)F)cc2Cl)ccc(S(=O)(=O)Cl)c1C. The molecule has 0 aliphatic heterocycles. The normalized spacial score (nSPS) is 12.3. The molecular weight excluding hydrogens is 390 g/mol. The molecule has 2 rings (SSSR count). The van der Waals surface area contributed by atoms with Crippen molar-refractivity contribution in [1.82, 2.24) is 4.98 Å². The molecule has 0 bridgehead atoms. The first-order chi connectivity index (χ1) is 10.9. The maximum atomic E-state index is 12.6. The van der Waals surface area contributed by atoms with E-state index in [0.29, 0.717) is 23.4 Å². The van der Waals surface area contributed by atoms with Crippen LogP contribution < -0.4 is 4.74 Å². The summed E-state index contributed by atoms with van der Waals surface area (Å²) in [6.07, 6.45) is -3.97. The van der Waals surface area contributed by atoms with Crippen LogP contribution in [0.3, 0.4) is 0 Å². The van der Waals surface area contributed by atoms with Crippen molar-refractivity contribution in [2.45, 2.75) is 24.9 Å². The van der Waals surface area contributed by atoms with Crippen molar-refractivity contribution in [3.63, 3.8) is 0 Å². The highest BCUT2D eigenvalue weighted by Crippen LogP contribution is 2.36. The number of halogens is 5. The molecule has 0 N–H and O–H groups in total. The van der Waals surface area contributed by atoms with E-state index in [0.717, 1.165) is 0 Å². The molecule has 1 aromatic carbocycles. The zero-order chi connectivity index (χ0) is 18.3. The molecule has 1 aromatic heterocycles. The molecule has 0 spiro atoms. The van der Waals surface area contributed by atoms with E-state index in [2.05, 4.69) is 4.98 Å². The van der Waals surface area contributed by atoms with Gasteiger partial charge in [-0.25, -0.2) is 13.4 Å². The van der Waals surface area contributed by atoms with Crippen LogP contribution in [0.4, 0.5) is 13.2 Å². The fourth-order valence-electron chi connectivity index (χ4n) is 1.91. The summed E-state index contributed by atoms with van der Waals surface area (Å²) < 4.78 is 66.1. The Balaban J connectivity index is 2.41. The third-order valence-electron chi connectivity index (χ3n) is 3.29. The largest absolute Gasteiger partial charge is 0.437 e. The Hall–Kier alpha value is -1.51. The van der Waals surface area contributed by atoms with Crippen molar-refractivity contribution >= 4 is 31.3 Å². The second kappa shape index (κ2) is 6.42. The van der Waals surface area contributed by atoms with Crippen LogP contribution in [-0.2, 0) is 15.2 Å². The quantitative estimate of drug-likeness (QED) is 0.674. The molecule has 0 aliphatic rings. The van der Waals surface area contributed by atoms with Gasteiger partial charge in [-0.05, 0) is 43.2 Å². The summed E-state index contributed by atoms with van der Waals surface area (Å²) in [4.78, 5) is 3.48. The Morgan fingerprint density at radius 3 is 2.29 bits per heavy atom. The van der Waals surface area contributed by atoms with Gasteiger partial charge in [0.25, 0.3) is 9.05 Å². The lowest BCUT2D eigenvalue weighted by molar-refractivity contribution is -0.137. The maximum Gasteiger partial charge on any atom is 0.417 e. The summed E-state index contributed by atoms with van der Waals surface area (Å²) in [5.41, 5.74) is -0.212. The zero-order valence-electron chi connectivity index (χ0n) is 12.3. The van der Waals surface area contributed by atoms with Gasteiger partial charge in [0.1, 0.15) is 10.8 Å². The Labute approximate surface area is 145 Å². The molecule has 24 heavy (non-hydrogen) atoms. The standard InChI is InChI=1S/C14H10Cl2F3NO3S/c1-7-8(2)12(24(16,21)22)4-3-11(7)23-13-10(15)5-9(6-20-13)14(17,18)19/h3-6H,1-2H3. The van der Waals surface area contributed by atoms with E-state index in [1.165, 1.54) is 19.1 Å². The van der Waals surface area contributed by atoms with Gasteiger partial charge in [0.15, 0.2) is 0 Å². The molecule has 4 nitrogen and oxygen atoms in total. The monoisotopic (exact) mass is 399 g/mol. The van der Waals surface area contributed by atoms with Gasteiger partial charge in [-0.3, -0.25) is 0 Å². The smallest absolute Gasteiger partial charge is 0.417 e. The summed E-state index contributed by atoms with van der Waals surface area (Å²) in [6, 6.07) is 3.26. The molecule has 2 aromatic rings. The van der Waals surface area contributed by atoms with Crippen LogP contribution in [-0.4, -0.2) is 13.4 Å². The molecule has 0 atom stereocenters. The van der Waals surface area contributed by atoms with E-state index in [9.17, 15) is 21.6 Å². The van der Waals surface area contributed by atoms with Crippen LogP contribution in [0.2, 0.25) is 5.02 Å². The second-order valence-electron chi connectivity index (χ2n) is 4.86. The Morgan fingerprint density at radius 2 is 1.79 bits per heavy atom. The highest BCUT2D eigenvalue weighted by atomic mass is 35.7. The molecule has 130 valence electrons. The number of rotatable bonds is 3. The van der Waals surface area contributed by atoms with E-state index in [1.54, 1.807) is 6.92 Å². The van der Waals surface area contributed by atoms with E-state index in [-0.39, 0.29) is 21.5 Å². The summed E-state index contributed by atoms with van der Waals surface area (Å²) in [5, 5.41) is -0.323. The van der Waals surface area contributed by atoms with Crippen molar-refractivity contribution in [2.75, 3.05) is 0 Å². The minimum Gasteiger partial charge on any atom is -0.437 e. The third-order valence-corrected chi connectivity index (χ3v) is 5.03. The molecule has 0 fully saturated rings. The highest BCUT2D eigenvalue weighted by Gasteiger charge is 2.32. The molecule has 0 saturated carbocycles. The predicted molar refractivity (Wildman–Crippen MR) is 83.3 cm³/mol. The number of ether oxygens (including phenoxy) is 1. The average molecular weight is 400 g/mol. The van der Waals surface area contributed by atoms with Crippen LogP contribution in [0, 0.1) is 13.8 Å². The van der Waals surface area contributed by atoms with Gasteiger partial charge in [0.05, 0.1) is 10.5 Å². The van der Waals surface area contributed by atoms with Gasteiger partial charge in [-0.1, -0.05) is 11.6 Å². The number of benzene rings is 1. The number of hydrogen-bond acceptors (Lipinski definition) is 4. The first-order valence-electron chi connectivity index (χ1n) is 6.36. The van der Waals surface area contributed by atoms with Crippen LogP contribution in [0.25, 0.3) is 0 Å². The van der Waals surface area contributed by atoms with Crippen molar-refractivity contribution in [1.29, 1.82) is 0 Å². The first kappa shape index (κ1) is 18.8. The van der Waals surface area contributed by atoms with Crippen LogP contribution in [0.1, 0.15) is 16.7 Å². The molecule has 0 radical (unpaired) electrons. The van der Waals surface area contributed by atoms with Gasteiger partial charge in [-0.2, -0.15) is 13.2 Å². The van der Waals surface area contributed by atoms with Crippen LogP contribution >= 0.6 is 22.3 Å². The van der Waals surface area contributed by atoms with Crippen molar-refractivity contribution in [3.8, 4) is 11.6 Å². The fraction of sp³-hybridized carbons (Fsp3) is 0.214. The Kier molecular flexibility index (Phi) is 5.03. The lowest BCUT2D eigenvalue weighted by Gasteiger charge is -2.14. The molecule has 1 heterocycles. The molecule has 0 saturated heterocycles. The van der Waals surface area contributed by atoms with Gasteiger partial charge < -0.3 is 4.74 Å². The summed E-state index contributed by atoms with van der Waals surface area (Å²) in [5.74, 6) is -0.0284. The maximum absolute atomic E-state index is 12.6. The minimum atomic E-state index is -4.57. The van der Waals surface area contributed by atoms with Crippen LogP contribution in [0.15, 0.2) is 29.3 Å². The minimum absolute atomic E-state index is 0.0829. The predicted octanol–water partition coefficient (Wildman–Crippen LogP) is 5.09. The van der Waals surface area contributed by atoms with E-state index in [1.807, 2.05) is 0 Å². The molecule has 0 unspecified atom stereocenters. The van der Waals surface area contributed by atoms with Crippen molar-refractivity contribution in [3.05, 3.63) is 46.1 Å². The van der Waals surface area contributed by atoms with E-state index < -0.39 is 20.8 Å². The number of hydrogen-bond donors (Lipinski definition) is 0. The number of aromatic nitrogens is 1. The number of nitrogens with zero attached hydrogens (tertiary/aromatic N) is 1. The average Bonchev–Trinajstić information content (AvgIpc) is 2.43. The van der Waals surface area contributed by atoms with Crippen molar-refractivity contribution < 1.29 is 26.3 Å². The number of alkyl halides is 3. The van der Waals surface area contributed by atoms with Crippen molar-refractivity contribution in [2.24, 2.45) is 0 Å². The van der Waals surface area contributed by atoms with Gasteiger partial charge in [0, 0.05) is 16.9 Å². The fourth-order valence-corrected chi connectivity index (χ4v) is 3.36. The number of pyridine rings is 1. The van der Waals surface area contributed by atoms with Gasteiger partial charge in [-0.15, -0.1) is 0 Å². The Morgan fingerprint density at radius 1 is 1.17 bits per heavy atom. The van der Waals surface area contributed by atoms with Gasteiger partial charge >= 0.3 is 6.18 Å². The molecule has 0 amide bonds. The van der Waals surface area contributed by atoms with E-state index in [4.69, 9.17) is 27.0 Å². The lowest BCUT2D eigenvalue weighted by atomic mass is 10.1. The summed E-state index contributed by atoms with van der Waals surface area (Å²) >= 11 is 5.78. The van der Waals surface area contributed by atoms with E-state index >= 15 is 0 Å². The van der Waals surface area contributed by atoms with Gasteiger partial charge in [0.2, 0.25) is 5.88 Å². The third kappa shape index (κ3) is 3.93. The molecule has 0 aliphatic carbocycles. The highest BCUT2D eigenvalue weighted by molar-refractivity contribution is 8.13. The van der Waals surface area contributed by atoms with Crippen LogP contribution in [0.5, 0.6) is 11.6 Å². The lowest BCUT2D eigenvalue weighted by Crippen LogP contribution is -2.06. The first-order valence-corrected chi connectivity index (χ1v) is 9.05. The topological polar surface area (TPSA) is 56.3 Å². The Bertz CT molecular complexity index is 899. The summed E-state index contributed by atoms with van der Waals surface area (Å²) in [6.45, 7) is 3.10. The zero-order valence-corrected chi connectivity index (χ0v) is 14.6. The molecular formula is C14H10Cl2F3NO3S. The molecule has 10 heteroatoms. The second-order valence-corrected chi connectivity index (χ2v) is 7.80. The summed E-state index contributed by atoms with van der Waals surface area (Å²) in [7, 11) is 1.40.